The summed E-state index contributed by atoms with van der Waals surface area (Å²) in [6, 6.07) is -0.660. The van der Waals surface area contributed by atoms with Crippen molar-refractivity contribution >= 4 is 11.8 Å². The second-order valence-electron chi connectivity index (χ2n) is 4.43. The van der Waals surface area contributed by atoms with E-state index >= 15 is 0 Å². The van der Waals surface area contributed by atoms with Crippen molar-refractivity contribution in [2.75, 3.05) is 54.6 Å². The summed E-state index contributed by atoms with van der Waals surface area (Å²) in [5.41, 5.74) is 5.79. The van der Waals surface area contributed by atoms with E-state index in [2.05, 4.69) is 0 Å². The van der Waals surface area contributed by atoms with Gasteiger partial charge in [-0.05, 0) is 6.42 Å². The predicted molar refractivity (Wildman–Crippen MR) is 71.6 cm³/mol. The van der Waals surface area contributed by atoms with Crippen LogP contribution in [0.1, 0.15) is 6.42 Å². The van der Waals surface area contributed by atoms with Gasteiger partial charge in [0.1, 0.15) is 0 Å². The maximum atomic E-state index is 12.1. The molecule has 2 amide bonds. The van der Waals surface area contributed by atoms with Gasteiger partial charge in [0.2, 0.25) is 11.8 Å². The first-order valence-electron chi connectivity index (χ1n) is 6.16. The van der Waals surface area contributed by atoms with Crippen LogP contribution in [-0.4, -0.2) is 82.3 Å². The predicted octanol–water partition coefficient (Wildman–Crippen LogP) is -1.09. The lowest BCUT2D eigenvalue weighted by atomic mass is 10.2. The van der Waals surface area contributed by atoms with Crippen molar-refractivity contribution in [2.24, 2.45) is 5.73 Å². The molecule has 0 saturated carbocycles. The molecular weight excluding hydrogens is 250 g/mol. The number of carbonyl (C=O) groups excluding carboxylic acids is 2. The molecule has 0 saturated heterocycles. The van der Waals surface area contributed by atoms with Crippen molar-refractivity contribution in [3.63, 3.8) is 0 Å². The minimum absolute atomic E-state index is 0.00980. The van der Waals surface area contributed by atoms with Crippen molar-refractivity contribution in [3.05, 3.63) is 0 Å². The van der Waals surface area contributed by atoms with Crippen LogP contribution in [0.25, 0.3) is 0 Å². The van der Waals surface area contributed by atoms with Crippen LogP contribution < -0.4 is 5.73 Å². The molecule has 0 aliphatic carbocycles. The smallest absolute Gasteiger partial charge is 0.241 e. The van der Waals surface area contributed by atoms with Crippen LogP contribution in [0.5, 0.6) is 0 Å². The Kier molecular flexibility index (Phi) is 9.11. The minimum atomic E-state index is -0.660. The molecule has 0 aliphatic rings. The fourth-order valence-corrected chi connectivity index (χ4v) is 1.38. The Labute approximate surface area is 114 Å². The number of carbonyl (C=O) groups is 2. The molecule has 19 heavy (non-hydrogen) atoms. The monoisotopic (exact) mass is 275 g/mol. The number of hydrogen-bond donors (Lipinski definition) is 1. The zero-order chi connectivity index (χ0) is 14.8. The quantitative estimate of drug-likeness (QED) is 0.578. The Morgan fingerprint density at radius 1 is 1.16 bits per heavy atom. The zero-order valence-corrected chi connectivity index (χ0v) is 12.2. The van der Waals surface area contributed by atoms with Gasteiger partial charge in [0.15, 0.2) is 0 Å². The van der Waals surface area contributed by atoms with Gasteiger partial charge in [-0.2, -0.15) is 0 Å². The third-order valence-electron chi connectivity index (χ3n) is 2.65. The Morgan fingerprint density at radius 2 is 1.74 bits per heavy atom. The van der Waals surface area contributed by atoms with E-state index in [0.29, 0.717) is 26.2 Å². The van der Waals surface area contributed by atoms with Crippen LogP contribution in [0.4, 0.5) is 0 Å². The van der Waals surface area contributed by atoms with Crippen LogP contribution in [0, 0.1) is 0 Å². The third-order valence-corrected chi connectivity index (χ3v) is 2.65. The van der Waals surface area contributed by atoms with E-state index in [9.17, 15) is 9.59 Å². The van der Waals surface area contributed by atoms with Gasteiger partial charge in [-0.1, -0.05) is 0 Å². The van der Waals surface area contributed by atoms with E-state index in [1.165, 1.54) is 9.80 Å². The summed E-state index contributed by atoms with van der Waals surface area (Å²) < 4.78 is 9.83. The summed E-state index contributed by atoms with van der Waals surface area (Å²) in [6.45, 7) is 1.13. The topological polar surface area (TPSA) is 85.1 Å². The molecule has 2 N–H and O–H groups in total. The Morgan fingerprint density at radius 3 is 2.21 bits per heavy atom. The first kappa shape index (κ1) is 17.8. The standard InChI is InChI=1S/C12H25N3O4/c1-14(2)11(16)9-15(6-8-19-4)12(17)10(13)5-7-18-3/h10H,5-9,13H2,1-4H3. The van der Waals surface area contributed by atoms with Crippen molar-refractivity contribution in [1.29, 1.82) is 0 Å². The fraction of sp³-hybridized carbons (Fsp3) is 0.833. The number of ether oxygens (including phenoxy) is 2. The van der Waals surface area contributed by atoms with Crippen LogP contribution in [0.2, 0.25) is 0 Å². The molecule has 0 aromatic carbocycles. The van der Waals surface area contributed by atoms with Gasteiger partial charge in [-0.25, -0.2) is 0 Å². The van der Waals surface area contributed by atoms with Gasteiger partial charge < -0.3 is 25.0 Å². The summed E-state index contributed by atoms with van der Waals surface area (Å²) in [5, 5.41) is 0. The van der Waals surface area contributed by atoms with Gasteiger partial charge in [0.25, 0.3) is 0 Å². The molecule has 0 aromatic rings. The largest absolute Gasteiger partial charge is 0.385 e. The zero-order valence-electron chi connectivity index (χ0n) is 12.2. The molecule has 1 unspecified atom stereocenters. The van der Waals surface area contributed by atoms with Crippen molar-refractivity contribution in [1.82, 2.24) is 9.80 Å². The first-order chi connectivity index (χ1) is 8.93. The van der Waals surface area contributed by atoms with Crippen LogP contribution >= 0.6 is 0 Å². The molecule has 1 atom stereocenters. The van der Waals surface area contributed by atoms with Crippen LogP contribution in [0.3, 0.4) is 0 Å². The molecule has 0 radical (unpaired) electrons. The minimum Gasteiger partial charge on any atom is -0.385 e. The Hall–Kier alpha value is -1.18. The highest BCUT2D eigenvalue weighted by molar-refractivity contribution is 5.87. The lowest BCUT2D eigenvalue weighted by Gasteiger charge is -2.26. The SMILES string of the molecule is COCCC(N)C(=O)N(CCOC)CC(=O)N(C)C. The number of likely N-dealkylation sites (N-methyl/N-ethyl adjacent to an activating group) is 1. The number of rotatable bonds is 9. The fourth-order valence-electron chi connectivity index (χ4n) is 1.38. The molecular formula is C12H25N3O4. The third kappa shape index (κ3) is 7.09. The maximum Gasteiger partial charge on any atom is 0.241 e. The summed E-state index contributed by atoms with van der Waals surface area (Å²) in [6.07, 6.45) is 0.426. The average molecular weight is 275 g/mol. The van der Waals surface area contributed by atoms with E-state index < -0.39 is 6.04 Å². The Balaban J connectivity index is 4.54. The molecule has 0 bridgehead atoms. The normalized spacial score (nSPS) is 12.1. The van der Waals surface area contributed by atoms with Gasteiger partial charge in [0, 0.05) is 41.5 Å². The van der Waals surface area contributed by atoms with Crippen molar-refractivity contribution < 1.29 is 19.1 Å². The highest BCUT2D eigenvalue weighted by Crippen LogP contribution is 1.99. The molecule has 0 aliphatic heterocycles. The van der Waals surface area contributed by atoms with Gasteiger partial charge in [-0.15, -0.1) is 0 Å². The number of amides is 2. The molecule has 0 spiro atoms. The van der Waals surface area contributed by atoms with Gasteiger partial charge in [0.05, 0.1) is 19.2 Å². The maximum absolute atomic E-state index is 12.1. The van der Waals surface area contributed by atoms with Crippen LogP contribution in [0.15, 0.2) is 0 Å². The van der Waals surface area contributed by atoms with Gasteiger partial charge >= 0.3 is 0 Å². The lowest BCUT2D eigenvalue weighted by Crippen LogP contribution is -2.49. The van der Waals surface area contributed by atoms with Gasteiger partial charge in [-0.3, -0.25) is 9.59 Å². The van der Waals surface area contributed by atoms with Crippen LogP contribution in [-0.2, 0) is 19.1 Å². The molecule has 0 rings (SSSR count). The highest BCUT2D eigenvalue weighted by atomic mass is 16.5. The lowest BCUT2D eigenvalue weighted by molar-refractivity contribution is -0.140. The molecule has 0 fully saturated rings. The molecule has 0 aromatic heterocycles. The molecule has 112 valence electrons. The van der Waals surface area contributed by atoms with E-state index in [1.807, 2.05) is 0 Å². The Bertz CT molecular complexity index is 284. The first-order valence-corrected chi connectivity index (χ1v) is 6.16. The van der Waals surface area contributed by atoms with E-state index in [0.717, 1.165) is 0 Å². The van der Waals surface area contributed by atoms with Crippen molar-refractivity contribution in [3.8, 4) is 0 Å². The molecule has 7 nitrogen and oxygen atoms in total. The molecule has 7 heteroatoms. The molecule has 0 heterocycles. The summed E-state index contributed by atoms with van der Waals surface area (Å²) in [4.78, 5) is 26.7. The van der Waals surface area contributed by atoms with Crippen molar-refractivity contribution in [2.45, 2.75) is 12.5 Å². The number of hydrogen-bond acceptors (Lipinski definition) is 5. The highest BCUT2D eigenvalue weighted by Gasteiger charge is 2.23. The van der Waals surface area contributed by atoms with E-state index in [1.54, 1.807) is 28.3 Å². The number of methoxy groups -OCH3 is 2. The summed E-state index contributed by atoms with van der Waals surface area (Å²) in [5.74, 6) is -0.410. The summed E-state index contributed by atoms with van der Waals surface area (Å²) in [7, 11) is 6.38. The number of nitrogens with two attached hydrogens (primary N) is 1. The number of nitrogens with zero attached hydrogens (tertiary/aromatic N) is 2. The average Bonchev–Trinajstić information content (AvgIpc) is 2.39. The second kappa shape index (κ2) is 9.71. The summed E-state index contributed by atoms with van der Waals surface area (Å²) >= 11 is 0. The second-order valence-corrected chi connectivity index (χ2v) is 4.43. The van der Waals surface area contributed by atoms with E-state index in [-0.39, 0.29) is 18.4 Å². The van der Waals surface area contributed by atoms with E-state index in [4.69, 9.17) is 15.2 Å².